The number of nitrogens with zero attached hydrogens (tertiary/aromatic N) is 1. The Hall–Kier alpha value is -1.55. The number of unbranched alkanes of at least 4 members (excludes halogenated alkanes) is 1. The van der Waals surface area contributed by atoms with Crippen LogP contribution in [0, 0.1) is 6.92 Å². The molecule has 0 aliphatic heterocycles. The molecular weight excluding hydrogens is 326 g/mol. The fourth-order valence-corrected chi connectivity index (χ4v) is 3.93. The van der Waals surface area contributed by atoms with Crippen LogP contribution < -0.4 is 4.74 Å². The third-order valence-corrected chi connectivity index (χ3v) is 5.39. The van der Waals surface area contributed by atoms with E-state index in [1.165, 1.54) is 39.2 Å². The third-order valence-electron chi connectivity index (χ3n) is 5.39. The Balaban J connectivity index is 1.74. The number of aryl methyl sites for hydroxylation is 1. The molecule has 1 aliphatic rings. The Bertz CT molecular complexity index is 565. The lowest BCUT2D eigenvalue weighted by Gasteiger charge is -2.37. The first-order valence-corrected chi connectivity index (χ1v) is 10.1. The first kappa shape index (κ1) is 20.8. The highest BCUT2D eigenvalue weighted by Crippen LogP contribution is 2.24. The van der Waals surface area contributed by atoms with Gasteiger partial charge < -0.3 is 9.47 Å². The number of esters is 1. The molecule has 0 unspecified atom stereocenters. The molecule has 4 nitrogen and oxygen atoms in total. The van der Waals surface area contributed by atoms with E-state index < -0.39 is 0 Å². The van der Waals surface area contributed by atoms with Crippen molar-refractivity contribution in [3.8, 4) is 5.75 Å². The van der Waals surface area contributed by atoms with Gasteiger partial charge in [-0.2, -0.15) is 0 Å². The quantitative estimate of drug-likeness (QED) is 0.459. The Kier molecular flexibility index (Phi) is 8.43. The van der Waals surface area contributed by atoms with Gasteiger partial charge in [0.05, 0.1) is 19.3 Å². The zero-order valence-corrected chi connectivity index (χ0v) is 16.9. The van der Waals surface area contributed by atoms with Crippen LogP contribution in [0.1, 0.15) is 74.7 Å². The zero-order chi connectivity index (χ0) is 18.9. The molecule has 0 atom stereocenters. The average Bonchev–Trinajstić information content (AvgIpc) is 2.64. The largest absolute Gasteiger partial charge is 0.494 e. The van der Waals surface area contributed by atoms with Crippen LogP contribution in [0.2, 0.25) is 0 Å². The van der Waals surface area contributed by atoms with Crippen LogP contribution in [0.15, 0.2) is 18.2 Å². The molecule has 4 heteroatoms. The fourth-order valence-electron chi connectivity index (χ4n) is 3.93. The highest BCUT2D eigenvalue weighted by atomic mass is 16.5. The highest BCUT2D eigenvalue weighted by Gasteiger charge is 2.22. The lowest BCUT2D eigenvalue weighted by molar-refractivity contribution is 0.0600. The summed E-state index contributed by atoms with van der Waals surface area (Å²) in [6, 6.07) is 6.93. The molecule has 0 N–H and O–H groups in total. The van der Waals surface area contributed by atoms with E-state index in [2.05, 4.69) is 18.7 Å². The second-order valence-electron chi connectivity index (χ2n) is 7.65. The lowest BCUT2D eigenvalue weighted by atomic mass is 9.93. The first-order chi connectivity index (χ1) is 12.5. The van der Waals surface area contributed by atoms with Crippen molar-refractivity contribution in [2.24, 2.45) is 0 Å². The van der Waals surface area contributed by atoms with E-state index in [4.69, 9.17) is 9.47 Å². The Labute approximate surface area is 158 Å². The number of rotatable bonds is 9. The Morgan fingerprint density at radius 2 is 1.92 bits per heavy atom. The minimum absolute atomic E-state index is 0.300. The molecule has 0 amide bonds. The molecule has 1 aromatic rings. The fraction of sp³-hybridized carbons (Fsp3) is 0.682. The Morgan fingerprint density at radius 3 is 2.54 bits per heavy atom. The van der Waals surface area contributed by atoms with Gasteiger partial charge in [0.25, 0.3) is 0 Å². The van der Waals surface area contributed by atoms with Crippen LogP contribution in [-0.2, 0) is 4.74 Å². The predicted molar refractivity (Wildman–Crippen MR) is 106 cm³/mol. The summed E-state index contributed by atoms with van der Waals surface area (Å²) in [6.07, 6.45) is 9.11. The maximum atomic E-state index is 11.6. The van der Waals surface area contributed by atoms with Gasteiger partial charge in [0, 0.05) is 12.1 Å². The van der Waals surface area contributed by atoms with Crippen molar-refractivity contribution in [1.29, 1.82) is 0 Å². The molecule has 2 rings (SSSR count). The minimum atomic E-state index is -0.300. The second kappa shape index (κ2) is 10.6. The van der Waals surface area contributed by atoms with Gasteiger partial charge in [0.2, 0.25) is 0 Å². The maximum Gasteiger partial charge on any atom is 0.338 e. The van der Waals surface area contributed by atoms with Crippen LogP contribution in [0.5, 0.6) is 5.75 Å². The summed E-state index contributed by atoms with van der Waals surface area (Å²) in [6.45, 7) is 8.41. The van der Waals surface area contributed by atoms with Gasteiger partial charge in [0.1, 0.15) is 5.75 Å². The SMILES string of the molecule is COC(=O)c1ccc(OCCCCN(C(C)C)C2CCCCC2)cc1C. The van der Waals surface area contributed by atoms with Crippen LogP contribution in [0.4, 0.5) is 0 Å². The lowest BCUT2D eigenvalue weighted by Crippen LogP contribution is -2.42. The number of ether oxygens (including phenoxy) is 2. The van der Waals surface area contributed by atoms with Crippen molar-refractivity contribution in [3.63, 3.8) is 0 Å². The maximum absolute atomic E-state index is 11.6. The van der Waals surface area contributed by atoms with E-state index in [0.717, 1.165) is 36.7 Å². The van der Waals surface area contributed by atoms with Gasteiger partial charge >= 0.3 is 5.97 Å². The van der Waals surface area contributed by atoms with E-state index in [1.807, 2.05) is 19.1 Å². The monoisotopic (exact) mass is 361 g/mol. The van der Waals surface area contributed by atoms with Gasteiger partial charge in [-0.1, -0.05) is 19.3 Å². The van der Waals surface area contributed by atoms with E-state index in [9.17, 15) is 4.79 Å². The molecule has 1 aromatic carbocycles. The van der Waals surface area contributed by atoms with E-state index in [0.29, 0.717) is 18.2 Å². The molecule has 0 heterocycles. The number of carbonyl (C=O) groups excluding carboxylic acids is 1. The van der Waals surface area contributed by atoms with Gasteiger partial charge in [-0.3, -0.25) is 4.90 Å². The van der Waals surface area contributed by atoms with E-state index >= 15 is 0 Å². The van der Waals surface area contributed by atoms with Crippen LogP contribution in [0.3, 0.4) is 0 Å². The number of benzene rings is 1. The summed E-state index contributed by atoms with van der Waals surface area (Å²) in [4.78, 5) is 14.3. The van der Waals surface area contributed by atoms with Gasteiger partial charge in [-0.25, -0.2) is 4.79 Å². The summed E-state index contributed by atoms with van der Waals surface area (Å²) in [5.74, 6) is 0.522. The molecule has 146 valence electrons. The molecule has 0 spiro atoms. The van der Waals surface area contributed by atoms with Gasteiger partial charge in [-0.15, -0.1) is 0 Å². The molecule has 0 saturated heterocycles. The van der Waals surface area contributed by atoms with E-state index in [1.54, 1.807) is 6.07 Å². The van der Waals surface area contributed by atoms with Crippen molar-refractivity contribution in [2.75, 3.05) is 20.3 Å². The van der Waals surface area contributed by atoms with Crippen molar-refractivity contribution in [2.45, 2.75) is 77.8 Å². The van der Waals surface area contributed by atoms with Gasteiger partial charge in [-0.05, 0) is 76.8 Å². The molecule has 0 radical (unpaired) electrons. The van der Waals surface area contributed by atoms with Crippen molar-refractivity contribution < 1.29 is 14.3 Å². The number of hydrogen-bond donors (Lipinski definition) is 0. The van der Waals surface area contributed by atoms with Crippen LogP contribution >= 0.6 is 0 Å². The van der Waals surface area contributed by atoms with Crippen molar-refractivity contribution in [1.82, 2.24) is 4.90 Å². The molecule has 0 aromatic heterocycles. The summed E-state index contributed by atoms with van der Waals surface area (Å²) >= 11 is 0. The Morgan fingerprint density at radius 1 is 1.19 bits per heavy atom. The average molecular weight is 362 g/mol. The molecule has 1 fully saturated rings. The van der Waals surface area contributed by atoms with Crippen LogP contribution in [0.25, 0.3) is 0 Å². The molecule has 1 saturated carbocycles. The molecule has 26 heavy (non-hydrogen) atoms. The smallest absolute Gasteiger partial charge is 0.338 e. The third kappa shape index (κ3) is 6.01. The van der Waals surface area contributed by atoms with Crippen molar-refractivity contribution >= 4 is 5.97 Å². The summed E-state index contributed by atoms with van der Waals surface area (Å²) in [5.41, 5.74) is 1.48. The van der Waals surface area contributed by atoms with Gasteiger partial charge in [0.15, 0.2) is 0 Å². The summed E-state index contributed by atoms with van der Waals surface area (Å²) < 4.78 is 10.6. The standard InChI is InChI=1S/C22H35NO3/c1-17(2)23(19-10-6-5-7-11-19)14-8-9-15-26-20-12-13-21(18(3)16-20)22(24)25-4/h12-13,16-17,19H,5-11,14-15H2,1-4H3. The number of carbonyl (C=O) groups is 1. The minimum Gasteiger partial charge on any atom is -0.494 e. The number of hydrogen-bond acceptors (Lipinski definition) is 4. The predicted octanol–water partition coefficient (Wildman–Crippen LogP) is 4.98. The summed E-state index contributed by atoms with van der Waals surface area (Å²) in [7, 11) is 1.40. The molecular formula is C22H35NO3. The van der Waals surface area contributed by atoms with Crippen molar-refractivity contribution in [3.05, 3.63) is 29.3 Å². The summed E-state index contributed by atoms with van der Waals surface area (Å²) in [5, 5.41) is 0. The van der Waals surface area contributed by atoms with Crippen LogP contribution in [-0.4, -0.2) is 43.2 Å². The van der Waals surface area contributed by atoms with E-state index in [-0.39, 0.29) is 5.97 Å². The second-order valence-corrected chi connectivity index (χ2v) is 7.65. The molecule has 1 aliphatic carbocycles. The zero-order valence-electron chi connectivity index (χ0n) is 16.9. The normalized spacial score (nSPS) is 15.5. The highest BCUT2D eigenvalue weighted by molar-refractivity contribution is 5.91. The molecule has 0 bridgehead atoms. The topological polar surface area (TPSA) is 38.8 Å². The number of methoxy groups -OCH3 is 1. The first-order valence-electron chi connectivity index (χ1n) is 10.1.